The van der Waals surface area contributed by atoms with Crippen molar-refractivity contribution in [3.63, 3.8) is 0 Å². The van der Waals surface area contributed by atoms with E-state index in [-0.39, 0.29) is 4.90 Å². The molecular formula is C12H8BrClN2O2S3. The normalized spacial score (nSPS) is 12.0. The molecule has 110 valence electrons. The number of hydrogen-bond acceptors (Lipinski definition) is 5. The molecule has 0 saturated carbocycles. The van der Waals surface area contributed by atoms with Gasteiger partial charge in [-0.3, -0.25) is 0 Å². The Labute approximate surface area is 143 Å². The standard InChI is InChI=1S/C12H8BrClN2O2S3/c1-7-5-16(15-11(7)8-3-2-4-19-8)21(17,18)9-6-20-12(14)10(9)13/h2-6H,1H3. The summed E-state index contributed by atoms with van der Waals surface area (Å²) in [7, 11) is -3.75. The minimum atomic E-state index is -3.75. The van der Waals surface area contributed by atoms with E-state index < -0.39 is 10.0 Å². The van der Waals surface area contributed by atoms with Crippen molar-refractivity contribution in [2.75, 3.05) is 0 Å². The Morgan fingerprint density at radius 2 is 2.14 bits per heavy atom. The number of aryl methyl sites for hydroxylation is 1. The number of halogens is 2. The van der Waals surface area contributed by atoms with Gasteiger partial charge in [-0.25, -0.2) is 0 Å². The van der Waals surface area contributed by atoms with E-state index in [1.165, 1.54) is 22.9 Å². The summed E-state index contributed by atoms with van der Waals surface area (Å²) in [6.07, 6.45) is 1.52. The zero-order valence-corrected chi connectivity index (χ0v) is 15.4. The van der Waals surface area contributed by atoms with Gasteiger partial charge < -0.3 is 0 Å². The van der Waals surface area contributed by atoms with Crippen molar-refractivity contribution in [2.24, 2.45) is 0 Å². The summed E-state index contributed by atoms with van der Waals surface area (Å²) in [5.74, 6) is 0. The average molecular weight is 424 g/mol. The predicted molar refractivity (Wildman–Crippen MR) is 89.9 cm³/mol. The molecule has 3 aromatic heterocycles. The topological polar surface area (TPSA) is 52.0 Å². The molecule has 0 fully saturated rings. The second-order valence-corrected chi connectivity index (χ2v) is 9.19. The first-order chi connectivity index (χ1) is 9.91. The van der Waals surface area contributed by atoms with Crippen LogP contribution < -0.4 is 0 Å². The number of thiophene rings is 2. The van der Waals surface area contributed by atoms with Gasteiger partial charge in [0, 0.05) is 11.6 Å². The third kappa shape index (κ3) is 2.59. The highest BCUT2D eigenvalue weighted by molar-refractivity contribution is 9.10. The lowest BCUT2D eigenvalue weighted by Gasteiger charge is -2.02. The van der Waals surface area contributed by atoms with Gasteiger partial charge in [0.15, 0.2) is 0 Å². The van der Waals surface area contributed by atoms with Crippen LogP contribution in [0.5, 0.6) is 0 Å². The van der Waals surface area contributed by atoms with E-state index in [9.17, 15) is 8.42 Å². The van der Waals surface area contributed by atoms with E-state index in [0.717, 1.165) is 25.9 Å². The first kappa shape index (κ1) is 15.2. The summed E-state index contributed by atoms with van der Waals surface area (Å²) >= 11 is 11.8. The smallest absolute Gasteiger partial charge is 0.199 e. The lowest BCUT2D eigenvalue weighted by atomic mass is 10.2. The van der Waals surface area contributed by atoms with Gasteiger partial charge in [-0.15, -0.1) is 22.7 Å². The van der Waals surface area contributed by atoms with E-state index >= 15 is 0 Å². The molecule has 0 aliphatic rings. The summed E-state index contributed by atoms with van der Waals surface area (Å²) in [6, 6.07) is 3.82. The van der Waals surface area contributed by atoms with Crippen molar-refractivity contribution < 1.29 is 8.42 Å². The highest BCUT2D eigenvalue weighted by atomic mass is 79.9. The quantitative estimate of drug-likeness (QED) is 0.617. The number of hydrogen-bond donors (Lipinski definition) is 0. The molecule has 0 aliphatic heterocycles. The van der Waals surface area contributed by atoms with Crippen LogP contribution in [-0.2, 0) is 10.0 Å². The lowest BCUT2D eigenvalue weighted by molar-refractivity contribution is 0.580. The molecule has 4 nitrogen and oxygen atoms in total. The van der Waals surface area contributed by atoms with Crippen LogP contribution in [-0.4, -0.2) is 17.6 Å². The van der Waals surface area contributed by atoms with Crippen LogP contribution in [0.3, 0.4) is 0 Å². The van der Waals surface area contributed by atoms with E-state index in [4.69, 9.17) is 11.6 Å². The first-order valence-corrected chi connectivity index (χ1v) is 10.1. The summed E-state index contributed by atoms with van der Waals surface area (Å²) < 4.78 is 27.0. The number of nitrogens with zero attached hydrogens (tertiary/aromatic N) is 2. The number of aromatic nitrogens is 2. The highest BCUT2D eigenvalue weighted by Gasteiger charge is 2.25. The summed E-state index contributed by atoms with van der Waals surface area (Å²) in [5.41, 5.74) is 1.48. The molecule has 0 N–H and O–H groups in total. The largest absolute Gasteiger partial charge is 0.284 e. The third-order valence-corrected chi connectivity index (χ3v) is 8.19. The fourth-order valence-electron chi connectivity index (χ4n) is 1.79. The maximum Gasteiger partial charge on any atom is 0.284 e. The van der Waals surface area contributed by atoms with E-state index in [1.807, 2.05) is 24.4 Å². The SMILES string of the molecule is Cc1cn(S(=O)(=O)c2csc(Cl)c2Br)nc1-c1cccs1. The third-order valence-electron chi connectivity index (χ3n) is 2.81. The van der Waals surface area contributed by atoms with Crippen LogP contribution in [0.4, 0.5) is 0 Å². The van der Waals surface area contributed by atoms with E-state index in [0.29, 0.717) is 14.5 Å². The molecule has 3 aromatic rings. The van der Waals surface area contributed by atoms with Gasteiger partial charge in [0.05, 0.1) is 9.35 Å². The first-order valence-electron chi connectivity index (χ1n) is 5.69. The molecule has 0 saturated heterocycles. The molecule has 3 heterocycles. The molecule has 0 amide bonds. The second-order valence-electron chi connectivity index (χ2n) is 4.20. The average Bonchev–Trinajstić information content (AvgIpc) is 3.12. The second kappa shape index (κ2) is 5.51. The molecule has 0 aromatic carbocycles. The molecule has 0 unspecified atom stereocenters. The molecule has 21 heavy (non-hydrogen) atoms. The van der Waals surface area contributed by atoms with Crippen molar-refractivity contribution in [1.29, 1.82) is 0 Å². The Kier molecular flexibility index (Phi) is 4.00. The van der Waals surface area contributed by atoms with Gasteiger partial charge in [-0.05, 0) is 39.9 Å². The van der Waals surface area contributed by atoms with Gasteiger partial charge in [-0.2, -0.15) is 17.6 Å². The molecule has 3 rings (SSSR count). The highest BCUT2D eigenvalue weighted by Crippen LogP contribution is 2.37. The summed E-state index contributed by atoms with van der Waals surface area (Å²) in [5, 5.41) is 7.66. The van der Waals surface area contributed by atoms with Crippen LogP contribution in [0, 0.1) is 6.92 Å². The molecule has 0 atom stereocenters. The van der Waals surface area contributed by atoms with E-state index in [1.54, 1.807) is 0 Å². The Balaban J connectivity index is 2.13. The fourth-order valence-corrected chi connectivity index (χ4v) is 6.27. The lowest BCUT2D eigenvalue weighted by Crippen LogP contribution is -2.13. The molecule has 0 aliphatic carbocycles. The van der Waals surface area contributed by atoms with Crippen LogP contribution in [0.15, 0.2) is 38.5 Å². The predicted octanol–water partition coefficient (Wildman–Crippen LogP) is 4.63. The zero-order chi connectivity index (χ0) is 15.2. The van der Waals surface area contributed by atoms with Crippen LogP contribution in [0.2, 0.25) is 4.34 Å². The number of rotatable bonds is 3. The van der Waals surface area contributed by atoms with Gasteiger partial charge in [0.25, 0.3) is 10.0 Å². The Bertz CT molecular complexity index is 897. The van der Waals surface area contributed by atoms with Gasteiger partial charge in [-0.1, -0.05) is 17.7 Å². The van der Waals surface area contributed by atoms with Gasteiger partial charge in [0.2, 0.25) is 0 Å². The fraction of sp³-hybridized carbons (Fsp3) is 0.0833. The van der Waals surface area contributed by atoms with Crippen molar-refractivity contribution in [3.8, 4) is 10.6 Å². The monoisotopic (exact) mass is 422 g/mol. The van der Waals surface area contributed by atoms with Crippen molar-refractivity contribution in [2.45, 2.75) is 11.8 Å². The molecule has 0 spiro atoms. The van der Waals surface area contributed by atoms with Crippen molar-refractivity contribution in [1.82, 2.24) is 9.19 Å². The van der Waals surface area contributed by atoms with Crippen LogP contribution >= 0.6 is 50.2 Å². The Morgan fingerprint density at radius 1 is 1.38 bits per heavy atom. The van der Waals surface area contributed by atoms with Gasteiger partial charge in [0.1, 0.15) is 14.9 Å². The summed E-state index contributed by atoms with van der Waals surface area (Å²) in [4.78, 5) is 1.06. The Hall–Kier alpha value is -0.670. The van der Waals surface area contributed by atoms with Gasteiger partial charge >= 0.3 is 0 Å². The van der Waals surface area contributed by atoms with Crippen molar-refractivity contribution >= 4 is 60.2 Å². The molecule has 0 bridgehead atoms. The molecular weight excluding hydrogens is 416 g/mol. The van der Waals surface area contributed by atoms with Crippen LogP contribution in [0.25, 0.3) is 10.6 Å². The zero-order valence-electron chi connectivity index (χ0n) is 10.6. The maximum atomic E-state index is 12.6. The van der Waals surface area contributed by atoms with Crippen LogP contribution in [0.1, 0.15) is 5.56 Å². The molecule has 9 heteroatoms. The minimum Gasteiger partial charge on any atom is -0.199 e. The summed E-state index contributed by atoms with van der Waals surface area (Å²) in [6.45, 7) is 1.84. The Morgan fingerprint density at radius 3 is 2.71 bits per heavy atom. The maximum absolute atomic E-state index is 12.6. The minimum absolute atomic E-state index is 0.123. The van der Waals surface area contributed by atoms with Crippen molar-refractivity contribution in [3.05, 3.63) is 43.5 Å². The molecule has 0 radical (unpaired) electrons. The van der Waals surface area contributed by atoms with E-state index in [2.05, 4.69) is 21.0 Å².